The number of aromatic amines is 1. The number of aliphatic carboxylic acids is 1. The Morgan fingerprint density at radius 2 is 2.14 bits per heavy atom. The summed E-state index contributed by atoms with van der Waals surface area (Å²) < 4.78 is 0. The molecular formula is C14H16N4O3. The number of carboxylic acid groups (broad SMARTS) is 1. The minimum absolute atomic E-state index is 0.156. The van der Waals surface area contributed by atoms with E-state index in [-0.39, 0.29) is 12.5 Å². The van der Waals surface area contributed by atoms with Crippen molar-refractivity contribution < 1.29 is 14.7 Å². The number of nitrogens with one attached hydrogen (secondary N) is 1. The van der Waals surface area contributed by atoms with Gasteiger partial charge in [-0.15, -0.1) is 0 Å². The predicted molar refractivity (Wildman–Crippen MR) is 74.8 cm³/mol. The lowest BCUT2D eigenvalue weighted by Crippen LogP contribution is -2.36. The van der Waals surface area contributed by atoms with Gasteiger partial charge in [-0.1, -0.05) is 6.92 Å². The maximum Gasteiger partial charge on any atom is 0.311 e. The maximum absolute atomic E-state index is 12.5. The summed E-state index contributed by atoms with van der Waals surface area (Å²) in [4.78, 5) is 25.6. The quantitative estimate of drug-likeness (QED) is 0.886. The summed E-state index contributed by atoms with van der Waals surface area (Å²) in [5.41, 5.74) is 1.02. The predicted octanol–water partition coefficient (Wildman–Crippen LogP) is 1.28. The van der Waals surface area contributed by atoms with Crippen molar-refractivity contribution in [3.63, 3.8) is 0 Å². The van der Waals surface area contributed by atoms with Crippen LogP contribution in [0.25, 0.3) is 11.0 Å². The zero-order chi connectivity index (χ0) is 15.0. The molecule has 0 radical (unpaired) electrons. The standard InChI is InChI=1S/C14H16N4O3/c1-2-14(13(20)21)5-6-18(8-14)12(19)9-3-4-10-11(7-9)16-17-15-10/h3-4,7H,2,5-6,8H2,1H3,(H,20,21)(H,15,16,17). The topological polar surface area (TPSA) is 99.2 Å². The second-order valence-corrected chi connectivity index (χ2v) is 5.44. The molecule has 2 N–H and O–H groups in total. The van der Waals surface area contributed by atoms with Crippen LogP contribution in [0, 0.1) is 5.41 Å². The number of carbonyl (C=O) groups excluding carboxylic acids is 1. The first-order valence-electron chi connectivity index (χ1n) is 6.89. The largest absolute Gasteiger partial charge is 0.481 e. The Labute approximate surface area is 120 Å². The zero-order valence-electron chi connectivity index (χ0n) is 11.7. The molecular weight excluding hydrogens is 272 g/mol. The highest BCUT2D eigenvalue weighted by Gasteiger charge is 2.44. The monoisotopic (exact) mass is 288 g/mol. The van der Waals surface area contributed by atoms with Gasteiger partial charge in [0.1, 0.15) is 11.0 Å². The molecule has 7 heteroatoms. The first-order chi connectivity index (χ1) is 10.1. The van der Waals surface area contributed by atoms with Crippen LogP contribution in [0.1, 0.15) is 30.1 Å². The van der Waals surface area contributed by atoms with E-state index >= 15 is 0 Å². The van der Waals surface area contributed by atoms with Crippen LogP contribution in [-0.4, -0.2) is 50.4 Å². The Balaban J connectivity index is 1.84. The van der Waals surface area contributed by atoms with Gasteiger partial charge in [0.2, 0.25) is 0 Å². The van der Waals surface area contributed by atoms with Gasteiger partial charge in [0.25, 0.3) is 5.91 Å². The molecule has 1 amide bonds. The second-order valence-electron chi connectivity index (χ2n) is 5.44. The molecule has 7 nitrogen and oxygen atoms in total. The molecule has 1 unspecified atom stereocenters. The van der Waals surface area contributed by atoms with E-state index in [1.54, 1.807) is 23.1 Å². The van der Waals surface area contributed by atoms with Crippen LogP contribution in [0.15, 0.2) is 18.2 Å². The van der Waals surface area contributed by atoms with Gasteiger partial charge in [-0.05, 0) is 31.0 Å². The minimum atomic E-state index is -0.827. The van der Waals surface area contributed by atoms with Crippen molar-refractivity contribution in [1.29, 1.82) is 0 Å². The number of hydrogen-bond acceptors (Lipinski definition) is 4. The van der Waals surface area contributed by atoms with Crippen molar-refractivity contribution in [2.75, 3.05) is 13.1 Å². The van der Waals surface area contributed by atoms with Crippen molar-refractivity contribution >= 4 is 22.9 Å². The van der Waals surface area contributed by atoms with E-state index in [2.05, 4.69) is 15.4 Å². The molecule has 1 aromatic heterocycles. The van der Waals surface area contributed by atoms with E-state index in [9.17, 15) is 14.7 Å². The van der Waals surface area contributed by atoms with Crippen molar-refractivity contribution in [2.24, 2.45) is 5.41 Å². The third-order valence-corrected chi connectivity index (χ3v) is 4.33. The molecule has 21 heavy (non-hydrogen) atoms. The fourth-order valence-electron chi connectivity index (χ4n) is 2.82. The van der Waals surface area contributed by atoms with E-state index in [1.807, 2.05) is 6.92 Å². The van der Waals surface area contributed by atoms with E-state index in [4.69, 9.17) is 0 Å². The third-order valence-electron chi connectivity index (χ3n) is 4.33. The first-order valence-corrected chi connectivity index (χ1v) is 6.89. The van der Waals surface area contributed by atoms with Crippen LogP contribution >= 0.6 is 0 Å². The number of likely N-dealkylation sites (tertiary alicyclic amines) is 1. The molecule has 1 aromatic carbocycles. The lowest BCUT2D eigenvalue weighted by Gasteiger charge is -2.23. The van der Waals surface area contributed by atoms with E-state index < -0.39 is 11.4 Å². The number of nitrogens with zero attached hydrogens (tertiary/aromatic N) is 3. The summed E-state index contributed by atoms with van der Waals surface area (Å²) in [5, 5.41) is 19.8. The summed E-state index contributed by atoms with van der Waals surface area (Å²) in [6.45, 7) is 2.58. The van der Waals surface area contributed by atoms with Crippen LogP contribution < -0.4 is 0 Å². The Kier molecular flexibility index (Phi) is 3.12. The van der Waals surface area contributed by atoms with Gasteiger partial charge in [0.15, 0.2) is 0 Å². The normalized spacial score (nSPS) is 21.9. The molecule has 1 aliphatic rings. The van der Waals surface area contributed by atoms with Crippen molar-refractivity contribution in [3.05, 3.63) is 23.8 Å². The number of benzene rings is 1. The molecule has 1 aliphatic heterocycles. The number of aromatic nitrogens is 3. The number of carboxylic acids is 1. The summed E-state index contributed by atoms with van der Waals surface area (Å²) in [5.74, 6) is -0.983. The van der Waals surface area contributed by atoms with Crippen LogP contribution in [0.4, 0.5) is 0 Å². The van der Waals surface area contributed by atoms with Crippen LogP contribution in [0.2, 0.25) is 0 Å². The molecule has 2 heterocycles. The fourth-order valence-corrected chi connectivity index (χ4v) is 2.82. The Morgan fingerprint density at radius 1 is 1.38 bits per heavy atom. The average molecular weight is 288 g/mol. The molecule has 3 rings (SSSR count). The van der Waals surface area contributed by atoms with E-state index in [0.29, 0.717) is 36.0 Å². The van der Waals surface area contributed by atoms with Gasteiger partial charge in [-0.2, -0.15) is 15.4 Å². The van der Waals surface area contributed by atoms with E-state index in [1.165, 1.54) is 0 Å². The van der Waals surface area contributed by atoms with Crippen molar-refractivity contribution in [3.8, 4) is 0 Å². The Hall–Kier alpha value is -2.44. The molecule has 0 saturated carbocycles. The highest BCUT2D eigenvalue weighted by Crippen LogP contribution is 2.34. The number of hydrogen-bond donors (Lipinski definition) is 2. The average Bonchev–Trinajstić information content (AvgIpc) is 3.13. The molecule has 1 atom stereocenters. The fraction of sp³-hybridized carbons (Fsp3) is 0.429. The van der Waals surface area contributed by atoms with Gasteiger partial charge in [0.05, 0.1) is 5.41 Å². The van der Waals surface area contributed by atoms with E-state index in [0.717, 1.165) is 0 Å². The number of carbonyl (C=O) groups is 2. The van der Waals surface area contributed by atoms with Gasteiger partial charge in [-0.3, -0.25) is 9.59 Å². The molecule has 2 aromatic rings. The van der Waals surface area contributed by atoms with Gasteiger partial charge < -0.3 is 10.0 Å². The lowest BCUT2D eigenvalue weighted by molar-refractivity contribution is -0.148. The maximum atomic E-state index is 12.5. The summed E-state index contributed by atoms with van der Waals surface area (Å²) >= 11 is 0. The van der Waals surface area contributed by atoms with Crippen LogP contribution in [0.3, 0.4) is 0 Å². The number of rotatable bonds is 3. The summed E-state index contributed by atoms with van der Waals surface area (Å²) in [6.07, 6.45) is 1.02. The smallest absolute Gasteiger partial charge is 0.311 e. The first kappa shape index (κ1) is 13.5. The molecule has 1 fully saturated rings. The van der Waals surface area contributed by atoms with Crippen molar-refractivity contribution in [2.45, 2.75) is 19.8 Å². The zero-order valence-corrected chi connectivity index (χ0v) is 11.7. The number of amides is 1. The summed E-state index contributed by atoms with van der Waals surface area (Å²) in [7, 11) is 0. The van der Waals surface area contributed by atoms with Gasteiger partial charge >= 0.3 is 5.97 Å². The summed E-state index contributed by atoms with van der Waals surface area (Å²) in [6, 6.07) is 5.10. The second kappa shape index (κ2) is 4.83. The minimum Gasteiger partial charge on any atom is -0.481 e. The molecule has 0 bridgehead atoms. The van der Waals surface area contributed by atoms with Gasteiger partial charge in [0, 0.05) is 18.7 Å². The van der Waals surface area contributed by atoms with Crippen LogP contribution in [-0.2, 0) is 4.79 Å². The third kappa shape index (κ3) is 2.14. The lowest BCUT2D eigenvalue weighted by atomic mass is 9.84. The molecule has 1 saturated heterocycles. The number of fused-ring (bicyclic) bond motifs is 1. The SMILES string of the molecule is CCC1(C(=O)O)CCN(C(=O)c2ccc3n[nH]nc3c2)C1. The highest BCUT2D eigenvalue weighted by molar-refractivity contribution is 5.97. The van der Waals surface area contributed by atoms with Crippen molar-refractivity contribution in [1.82, 2.24) is 20.3 Å². The molecule has 0 aliphatic carbocycles. The Morgan fingerprint density at radius 3 is 2.81 bits per heavy atom. The van der Waals surface area contributed by atoms with Crippen LogP contribution in [0.5, 0.6) is 0 Å². The molecule has 110 valence electrons. The number of H-pyrrole nitrogens is 1. The molecule has 0 spiro atoms. The Bertz CT molecular complexity index is 711. The highest BCUT2D eigenvalue weighted by atomic mass is 16.4. The van der Waals surface area contributed by atoms with Gasteiger partial charge in [-0.25, -0.2) is 0 Å².